The minimum atomic E-state index is -3.53. The molecule has 0 spiro atoms. The highest BCUT2D eigenvalue weighted by molar-refractivity contribution is 7.89. The van der Waals surface area contributed by atoms with Crippen molar-refractivity contribution in [3.05, 3.63) is 22.8 Å². The number of sulfonamides is 1. The van der Waals surface area contributed by atoms with Crippen LogP contribution in [0.5, 0.6) is 5.75 Å². The Labute approximate surface area is 126 Å². The van der Waals surface area contributed by atoms with Crippen molar-refractivity contribution < 1.29 is 17.9 Å². The summed E-state index contributed by atoms with van der Waals surface area (Å²) in [6, 6.07) is 1.67. The van der Waals surface area contributed by atoms with Gasteiger partial charge in [0.15, 0.2) is 0 Å². The van der Waals surface area contributed by atoms with E-state index < -0.39 is 10.0 Å². The third-order valence-electron chi connectivity index (χ3n) is 4.00. The van der Waals surface area contributed by atoms with Crippen LogP contribution in [0.15, 0.2) is 11.0 Å². The van der Waals surface area contributed by atoms with E-state index >= 15 is 0 Å². The van der Waals surface area contributed by atoms with E-state index in [-0.39, 0.29) is 6.10 Å². The van der Waals surface area contributed by atoms with Crippen LogP contribution >= 0.6 is 0 Å². The summed E-state index contributed by atoms with van der Waals surface area (Å²) in [5.41, 5.74) is 2.39. The van der Waals surface area contributed by atoms with E-state index in [9.17, 15) is 8.42 Å². The van der Waals surface area contributed by atoms with Gasteiger partial charge in [-0.05, 0) is 56.4 Å². The smallest absolute Gasteiger partial charge is 0.240 e. The van der Waals surface area contributed by atoms with Crippen molar-refractivity contribution in [2.24, 2.45) is 0 Å². The second-order valence-electron chi connectivity index (χ2n) is 5.46. The second-order valence-corrected chi connectivity index (χ2v) is 7.20. The molecule has 1 aliphatic heterocycles. The van der Waals surface area contributed by atoms with Crippen molar-refractivity contribution in [2.45, 2.75) is 44.6 Å². The topological polar surface area (TPSA) is 64.6 Å². The SMILES string of the molecule is COc1c(C)cc(S(=O)(=O)NC[C@H]2CCCO2)c(C)c1C. The first-order chi connectivity index (χ1) is 9.86. The van der Waals surface area contributed by atoms with Crippen LogP contribution in [0.2, 0.25) is 0 Å². The Balaban J connectivity index is 2.27. The predicted molar refractivity (Wildman–Crippen MR) is 81.4 cm³/mol. The van der Waals surface area contributed by atoms with Gasteiger partial charge < -0.3 is 9.47 Å². The molecule has 1 N–H and O–H groups in total. The molecule has 21 heavy (non-hydrogen) atoms. The van der Waals surface area contributed by atoms with Gasteiger partial charge in [-0.2, -0.15) is 0 Å². The van der Waals surface area contributed by atoms with Gasteiger partial charge in [0.25, 0.3) is 0 Å². The third-order valence-corrected chi connectivity index (χ3v) is 5.55. The van der Waals surface area contributed by atoms with Crippen LogP contribution in [-0.4, -0.2) is 34.8 Å². The van der Waals surface area contributed by atoms with E-state index in [0.717, 1.165) is 35.3 Å². The summed E-state index contributed by atoms with van der Waals surface area (Å²) in [4.78, 5) is 0.316. The Kier molecular flexibility index (Phi) is 4.91. The van der Waals surface area contributed by atoms with Gasteiger partial charge in [0, 0.05) is 13.2 Å². The number of nitrogens with one attached hydrogen (secondary N) is 1. The van der Waals surface area contributed by atoms with Gasteiger partial charge in [-0.1, -0.05) is 0 Å². The molecular formula is C15H23NO4S. The molecule has 6 heteroatoms. The second kappa shape index (κ2) is 6.34. The Morgan fingerprint density at radius 1 is 1.33 bits per heavy atom. The first kappa shape index (κ1) is 16.3. The Morgan fingerprint density at radius 3 is 2.62 bits per heavy atom. The molecule has 1 aliphatic rings. The van der Waals surface area contributed by atoms with E-state index in [1.54, 1.807) is 20.1 Å². The summed E-state index contributed by atoms with van der Waals surface area (Å²) in [7, 11) is -1.94. The molecule has 1 aromatic carbocycles. The molecular weight excluding hydrogens is 290 g/mol. The molecule has 118 valence electrons. The summed E-state index contributed by atoms with van der Waals surface area (Å²) in [6.45, 7) is 6.57. The molecule has 0 amide bonds. The Bertz CT molecular complexity index is 619. The van der Waals surface area contributed by atoms with Gasteiger partial charge in [-0.25, -0.2) is 13.1 Å². The highest BCUT2D eigenvalue weighted by Crippen LogP contribution is 2.30. The lowest BCUT2D eigenvalue weighted by atomic mass is 10.1. The van der Waals surface area contributed by atoms with Crippen molar-refractivity contribution in [2.75, 3.05) is 20.3 Å². The van der Waals surface area contributed by atoms with Crippen LogP contribution in [0.4, 0.5) is 0 Å². The Morgan fingerprint density at radius 2 is 2.05 bits per heavy atom. The molecule has 0 unspecified atom stereocenters. The summed E-state index contributed by atoms with van der Waals surface area (Å²) in [5, 5.41) is 0. The largest absolute Gasteiger partial charge is 0.496 e. The zero-order valence-electron chi connectivity index (χ0n) is 13.0. The van der Waals surface area contributed by atoms with Gasteiger partial charge in [0.1, 0.15) is 5.75 Å². The molecule has 1 fully saturated rings. The summed E-state index contributed by atoms with van der Waals surface area (Å²) >= 11 is 0. The molecule has 1 saturated heterocycles. The van der Waals surface area contributed by atoms with Crippen molar-refractivity contribution in [1.29, 1.82) is 0 Å². The molecule has 0 aromatic heterocycles. The quantitative estimate of drug-likeness (QED) is 0.904. The van der Waals surface area contributed by atoms with Gasteiger partial charge in [0.05, 0.1) is 18.1 Å². The first-order valence-electron chi connectivity index (χ1n) is 7.13. The first-order valence-corrected chi connectivity index (χ1v) is 8.61. The molecule has 0 aliphatic carbocycles. The van der Waals surface area contributed by atoms with Crippen molar-refractivity contribution in [1.82, 2.24) is 4.72 Å². The minimum Gasteiger partial charge on any atom is -0.496 e. The van der Waals surface area contributed by atoms with Crippen LogP contribution in [0.1, 0.15) is 29.5 Å². The van der Waals surface area contributed by atoms with E-state index in [1.165, 1.54) is 0 Å². The summed E-state index contributed by atoms with van der Waals surface area (Å²) in [5.74, 6) is 0.741. The number of ether oxygens (including phenoxy) is 2. The van der Waals surface area contributed by atoms with E-state index in [2.05, 4.69) is 4.72 Å². The molecule has 0 saturated carbocycles. The zero-order chi connectivity index (χ0) is 15.6. The lowest BCUT2D eigenvalue weighted by molar-refractivity contribution is 0.114. The van der Waals surface area contributed by atoms with Crippen LogP contribution in [0, 0.1) is 20.8 Å². The maximum absolute atomic E-state index is 12.5. The van der Waals surface area contributed by atoms with Crippen LogP contribution in [0.25, 0.3) is 0 Å². The number of benzene rings is 1. The monoisotopic (exact) mass is 313 g/mol. The highest BCUT2D eigenvalue weighted by Gasteiger charge is 2.23. The van der Waals surface area contributed by atoms with Gasteiger partial charge >= 0.3 is 0 Å². The lowest BCUT2D eigenvalue weighted by Crippen LogP contribution is -2.32. The zero-order valence-corrected chi connectivity index (χ0v) is 13.8. The van der Waals surface area contributed by atoms with Crippen molar-refractivity contribution in [3.8, 4) is 5.75 Å². The maximum Gasteiger partial charge on any atom is 0.240 e. The van der Waals surface area contributed by atoms with Crippen LogP contribution < -0.4 is 9.46 Å². The molecule has 0 radical (unpaired) electrons. The predicted octanol–water partition coefficient (Wildman–Crippen LogP) is 2.08. The maximum atomic E-state index is 12.5. The minimum absolute atomic E-state index is 0.0134. The van der Waals surface area contributed by atoms with Crippen LogP contribution in [0.3, 0.4) is 0 Å². The van der Waals surface area contributed by atoms with E-state index in [4.69, 9.17) is 9.47 Å². The molecule has 1 atom stereocenters. The van der Waals surface area contributed by atoms with Gasteiger partial charge in [0.2, 0.25) is 10.0 Å². The third kappa shape index (κ3) is 3.39. The number of hydrogen-bond donors (Lipinski definition) is 1. The molecule has 5 nitrogen and oxygen atoms in total. The highest BCUT2D eigenvalue weighted by atomic mass is 32.2. The average molecular weight is 313 g/mol. The standard InChI is InChI=1S/C15H23NO4S/c1-10-8-14(11(2)12(3)15(10)19-4)21(17,18)16-9-13-6-5-7-20-13/h8,13,16H,5-7,9H2,1-4H3/t13-/m1/s1. The van der Waals surface area contributed by atoms with E-state index in [0.29, 0.717) is 18.0 Å². The number of aryl methyl sites for hydroxylation is 1. The molecule has 2 rings (SSSR count). The van der Waals surface area contributed by atoms with Crippen LogP contribution in [-0.2, 0) is 14.8 Å². The molecule has 0 bridgehead atoms. The fourth-order valence-corrected chi connectivity index (χ4v) is 4.15. The van der Waals surface area contributed by atoms with Crippen molar-refractivity contribution in [3.63, 3.8) is 0 Å². The fraction of sp³-hybridized carbons (Fsp3) is 0.600. The van der Waals surface area contributed by atoms with Gasteiger partial charge in [-0.15, -0.1) is 0 Å². The number of rotatable bonds is 5. The lowest BCUT2D eigenvalue weighted by Gasteiger charge is -2.17. The molecule has 1 aromatic rings. The van der Waals surface area contributed by atoms with Crippen molar-refractivity contribution >= 4 is 10.0 Å². The number of hydrogen-bond acceptors (Lipinski definition) is 4. The normalized spacial score (nSPS) is 19.0. The molecule has 1 heterocycles. The fourth-order valence-electron chi connectivity index (χ4n) is 2.70. The summed E-state index contributed by atoms with van der Waals surface area (Å²) in [6.07, 6.45) is 1.88. The summed E-state index contributed by atoms with van der Waals surface area (Å²) < 4.78 is 38.5. The average Bonchev–Trinajstić information content (AvgIpc) is 2.94. The van der Waals surface area contributed by atoms with Gasteiger partial charge in [-0.3, -0.25) is 0 Å². The van der Waals surface area contributed by atoms with E-state index in [1.807, 2.05) is 13.8 Å². The number of methoxy groups -OCH3 is 1. The Hall–Kier alpha value is -1.11.